The van der Waals surface area contributed by atoms with Gasteiger partial charge in [-0.15, -0.1) is 0 Å². The lowest BCUT2D eigenvalue weighted by Gasteiger charge is -2.30. The Morgan fingerprint density at radius 3 is 2.65 bits per heavy atom. The van der Waals surface area contributed by atoms with Crippen LogP contribution >= 0.6 is 0 Å². The maximum Gasteiger partial charge on any atom is 0.291 e. The van der Waals surface area contributed by atoms with Crippen molar-refractivity contribution in [2.24, 2.45) is 5.92 Å². The zero-order chi connectivity index (χ0) is 24.0. The molecule has 1 fully saturated rings. The molecular formula is C26H27NO6S. The van der Waals surface area contributed by atoms with E-state index in [2.05, 4.69) is 13.8 Å². The van der Waals surface area contributed by atoms with Crippen LogP contribution in [0.25, 0.3) is 11.0 Å². The van der Waals surface area contributed by atoms with Crippen LogP contribution in [0, 0.1) is 5.92 Å². The zero-order valence-corrected chi connectivity index (χ0v) is 20.0. The smallest absolute Gasteiger partial charge is 0.291 e. The third-order valence-corrected chi connectivity index (χ3v) is 8.30. The largest absolute Gasteiger partial charge is 0.494 e. The predicted octanol–water partition coefficient (Wildman–Crippen LogP) is 3.95. The van der Waals surface area contributed by atoms with Crippen LogP contribution in [-0.4, -0.2) is 43.4 Å². The highest BCUT2D eigenvalue weighted by Crippen LogP contribution is 2.42. The number of nitrogens with zero attached hydrogens (tertiary/aromatic N) is 1. The fourth-order valence-electron chi connectivity index (χ4n) is 4.82. The van der Waals surface area contributed by atoms with Crippen LogP contribution in [-0.2, 0) is 9.84 Å². The van der Waals surface area contributed by atoms with E-state index in [1.807, 2.05) is 24.3 Å². The maximum absolute atomic E-state index is 13.6. The summed E-state index contributed by atoms with van der Waals surface area (Å²) in [5.74, 6) is 0.581. The van der Waals surface area contributed by atoms with Crippen LogP contribution < -0.4 is 10.2 Å². The van der Waals surface area contributed by atoms with Gasteiger partial charge in [-0.3, -0.25) is 9.59 Å². The summed E-state index contributed by atoms with van der Waals surface area (Å²) in [6.07, 6.45) is 1.23. The number of para-hydroxylation sites is 1. The number of amides is 1. The minimum atomic E-state index is -3.25. The third kappa shape index (κ3) is 4.00. The van der Waals surface area contributed by atoms with Crippen LogP contribution in [0.1, 0.15) is 54.4 Å². The van der Waals surface area contributed by atoms with Crippen LogP contribution in [0.15, 0.2) is 57.7 Å². The van der Waals surface area contributed by atoms with E-state index in [9.17, 15) is 18.0 Å². The second-order valence-corrected chi connectivity index (χ2v) is 11.7. The quantitative estimate of drug-likeness (QED) is 0.529. The Morgan fingerprint density at radius 2 is 1.91 bits per heavy atom. The first kappa shape index (κ1) is 22.7. The standard InChI is InChI=1S/C26H27NO6S/c1-16(2)10-12-32-19-7-5-6-17(14-19)23-22-24(28)20-8-3-4-9-21(20)33-25(22)26(29)27(23)18-11-13-34(30,31)15-18/h3-9,14,16,18,23H,10-13,15H2,1-2H3/t18-,23+/m0/s1. The lowest BCUT2D eigenvalue weighted by molar-refractivity contribution is 0.0662. The number of hydrogen-bond donors (Lipinski definition) is 0. The molecular weight excluding hydrogens is 454 g/mol. The summed E-state index contributed by atoms with van der Waals surface area (Å²) in [4.78, 5) is 28.7. The van der Waals surface area contributed by atoms with Crippen molar-refractivity contribution in [2.75, 3.05) is 18.1 Å². The normalized spacial score (nSPS) is 21.4. The highest BCUT2D eigenvalue weighted by atomic mass is 32.2. The van der Waals surface area contributed by atoms with Gasteiger partial charge in [0.15, 0.2) is 15.3 Å². The molecule has 0 unspecified atom stereocenters. The Balaban J connectivity index is 1.63. The van der Waals surface area contributed by atoms with E-state index in [1.54, 1.807) is 24.3 Å². The van der Waals surface area contributed by atoms with Crippen molar-refractivity contribution in [3.05, 3.63) is 75.6 Å². The summed E-state index contributed by atoms with van der Waals surface area (Å²) in [5, 5.41) is 0.393. The molecule has 0 bridgehead atoms. The van der Waals surface area contributed by atoms with Crippen molar-refractivity contribution in [3.63, 3.8) is 0 Å². The topological polar surface area (TPSA) is 93.9 Å². The van der Waals surface area contributed by atoms with Gasteiger partial charge >= 0.3 is 0 Å². The average Bonchev–Trinajstić information content (AvgIpc) is 3.30. The molecule has 3 heterocycles. The van der Waals surface area contributed by atoms with Crippen molar-refractivity contribution in [1.29, 1.82) is 0 Å². The second-order valence-electron chi connectivity index (χ2n) is 9.45. The molecule has 0 spiro atoms. The van der Waals surface area contributed by atoms with Crippen molar-refractivity contribution in [2.45, 2.75) is 38.8 Å². The van der Waals surface area contributed by atoms with Crippen molar-refractivity contribution < 1.29 is 22.4 Å². The monoisotopic (exact) mass is 481 g/mol. The molecule has 2 aliphatic heterocycles. The van der Waals surface area contributed by atoms with Gasteiger partial charge in [-0.05, 0) is 48.6 Å². The molecule has 0 radical (unpaired) electrons. The van der Waals surface area contributed by atoms with Gasteiger partial charge in [-0.2, -0.15) is 0 Å². The van der Waals surface area contributed by atoms with E-state index in [-0.39, 0.29) is 28.3 Å². The number of benzene rings is 2. The number of ether oxygens (including phenoxy) is 1. The van der Waals surface area contributed by atoms with E-state index in [0.717, 1.165) is 6.42 Å². The summed E-state index contributed by atoms with van der Waals surface area (Å²) < 4.78 is 36.4. The number of rotatable bonds is 6. The van der Waals surface area contributed by atoms with Gasteiger partial charge in [0, 0.05) is 6.04 Å². The summed E-state index contributed by atoms with van der Waals surface area (Å²) in [6, 6.07) is 12.9. The fraction of sp³-hybridized carbons (Fsp3) is 0.385. The molecule has 2 atom stereocenters. The first-order chi connectivity index (χ1) is 16.2. The van der Waals surface area contributed by atoms with E-state index in [0.29, 0.717) is 41.2 Å². The summed E-state index contributed by atoms with van der Waals surface area (Å²) in [6.45, 7) is 4.80. The minimum absolute atomic E-state index is 0.0101. The molecule has 2 aliphatic rings. The molecule has 0 saturated carbocycles. The van der Waals surface area contributed by atoms with E-state index in [4.69, 9.17) is 9.15 Å². The number of carbonyl (C=O) groups excluding carboxylic acids is 1. The second kappa shape index (κ2) is 8.58. The number of fused-ring (bicyclic) bond motifs is 2. The van der Waals surface area contributed by atoms with Crippen LogP contribution in [0.3, 0.4) is 0 Å². The molecule has 1 amide bonds. The molecule has 178 valence electrons. The van der Waals surface area contributed by atoms with Gasteiger partial charge < -0.3 is 14.1 Å². The lowest BCUT2D eigenvalue weighted by atomic mass is 9.97. The highest BCUT2D eigenvalue weighted by Gasteiger charge is 2.48. The number of sulfone groups is 1. The summed E-state index contributed by atoms with van der Waals surface area (Å²) in [7, 11) is -3.25. The molecule has 7 nitrogen and oxygen atoms in total. The van der Waals surface area contributed by atoms with Gasteiger partial charge in [0.05, 0.1) is 35.1 Å². The number of hydrogen-bond acceptors (Lipinski definition) is 6. The first-order valence-corrected chi connectivity index (χ1v) is 13.4. The van der Waals surface area contributed by atoms with Crippen molar-refractivity contribution in [1.82, 2.24) is 4.90 Å². The van der Waals surface area contributed by atoms with Gasteiger partial charge in [-0.25, -0.2) is 8.42 Å². The molecule has 0 aliphatic carbocycles. The van der Waals surface area contributed by atoms with E-state index >= 15 is 0 Å². The molecule has 34 heavy (non-hydrogen) atoms. The van der Waals surface area contributed by atoms with Crippen LogP contribution in [0.2, 0.25) is 0 Å². The molecule has 5 rings (SSSR count). The molecule has 3 aromatic rings. The van der Waals surface area contributed by atoms with Gasteiger partial charge in [0.1, 0.15) is 11.3 Å². The Bertz CT molecular complexity index is 1420. The third-order valence-electron chi connectivity index (χ3n) is 6.55. The van der Waals surface area contributed by atoms with Crippen LogP contribution in [0.4, 0.5) is 0 Å². The summed E-state index contributed by atoms with van der Waals surface area (Å²) >= 11 is 0. The Morgan fingerprint density at radius 1 is 1.12 bits per heavy atom. The number of carbonyl (C=O) groups is 1. The molecule has 1 aromatic heterocycles. The van der Waals surface area contributed by atoms with Crippen molar-refractivity contribution in [3.8, 4) is 5.75 Å². The Labute approximate surface area is 198 Å². The van der Waals surface area contributed by atoms with E-state index < -0.39 is 27.8 Å². The van der Waals surface area contributed by atoms with Gasteiger partial charge in [0.25, 0.3) is 5.91 Å². The highest BCUT2D eigenvalue weighted by molar-refractivity contribution is 7.91. The lowest BCUT2D eigenvalue weighted by Crippen LogP contribution is -2.40. The zero-order valence-electron chi connectivity index (χ0n) is 19.2. The van der Waals surface area contributed by atoms with Gasteiger partial charge in [-0.1, -0.05) is 38.1 Å². The average molecular weight is 482 g/mol. The molecule has 0 N–H and O–H groups in total. The fourth-order valence-corrected chi connectivity index (χ4v) is 6.53. The van der Waals surface area contributed by atoms with Gasteiger partial charge in [0.2, 0.25) is 5.76 Å². The van der Waals surface area contributed by atoms with Crippen LogP contribution in [0.5, 0.6) is 5.75 Å². The molecule has 2 aromatic carbocycles. The van der Waals surface area contributed by atoms with E-state index in [1.165, 1.54) is 4.90 Å². The SMILES string of the molecule is CC(C)CCOc1cccc([C@@H]2c3c(oc4ccccc4c3=O)C(=O)N2[C@H]2CCS(=O)(=O)C2)c1. The molecule has 8 heteroatoms. The first-order valence-electron chi connectivity index (χ1n) is 11.6. The minimum Gasteiger partial charge on any atom is -0.494 e. The Kier molecular flexibility index (Phi) is 5.72. The van der Waals surface area contributed by atoms with Crippen molar-refractivity contribution >= 4 is 26.7 Å². The Hall–Kier alpha value is -3.13. The maximum atomic E-state index is 13.6. The molecule has 1 saturated heterocycles. The predicted molar refractivity (Wildman–Crippen MR) is 129 cm³/mol. The summed E-state index contributed by atoms with van der Waals surface area (Å²) in [5.41, 5.74) is 1.02.